The lowest BCUT2D eigenvalue weighted by atomic mass is 9.99. The molecule has 148 valence electrons. The number of nitro groups is 1. The van der Waals surface area contributed by atoms with Crippen LogP contribution in [0.2, 0.25) is 0 Å². The number of likely N-dealkylation sites (tertiary alicyclic amines) is 1. The van der Waals surface area contributed by atoms with Gasteiger partial charge in [0.2, 0.25) is 0 Å². The summed E-state index contributed by atoms with van der Waals surface area (Å²) < 4.78 is 0. The van der Waals surface area contributed by atoms with Gasteiger partial charge >= 0.3 is 0 Å². The Morgan fingerprint density at radius 1 is 0.862 bits per heavy atom. The summed E-state index contributed by atoms with van der Waals surface area (Å²) in [6.07, 6.45) is 2.11. The van der Waals surface area contributed by atoms with Crippen molar-refractivity contribution >= 4 is 11.4 Å². The maximum absolute atomic E-state index is 11.5. The topological polar surface area (TPSA) is 58.4 Å². The summed E-state index contributed by atoms with van der Waals surface area (Å²) in [4.78, 5) is 13.6. The highest BCUT2D eigenvalue weighted by Gasteiger charge is 2.22. The zero-order valence-electron chi connectivity index (χ0n) is 16.3. The second kappa shape index (κ2) is 8.88. The van der Waals surface area contributed by atoms with Crippen molar-refractivity contribution < 1.29 is 4.92 Å². The van der Waals surface area contributed by atoms with E-state index in [9.17, 15) is 10.1 Å². The molecule has 29 heavy (non-hydrogen) atoms. The third-order valence-corrected chi connectivity index (χ3v) is 5.51. The first-order chi connectivity index (χ1) is 14.2. The van der Waals surface area contributed by atoms with E-state index >= 15 is 0 Å². The summed E-state index contributed by atoms with van der Waals surface area (Å²) >= 11 is 0. The number of benzene rings is 3. The fraction of sp³-hybridized carbons (Fsp3) is 0.250. The maximum atomic E-state index is 11.5. The van der Waals surface area contributed by atoms with Crippen LogP contribution in [0.3, 0.4) is 0 Å². The molecule has 0 aliphatic carbocycles. The third kappa shape index (κ3) is 4.63. The van der Waals surface area contributed by atoms with Crippen molar-refractivity contribution in [2.24, 2.45) is 0 Å². The van der Waals surface area contributed by atoms with Crippen LogP contribution in [-0.2, 0) is 6.54 Å². The van der Waals surface area contributed by atoms with Gasteiger partial charge in [0.15, 0.2) is 0 Å². The molecule has 0 spiro atoms. The van der Waals surface area contributed by atoms with E-state index in [4.69, 9.17) is 0 Å². The van der Waals surface area contributed by atoms with E-state index in [1.807, 2.05) is 42.5 Å². The van der Waals surface area contributed by atoms with Gasteiger partial charge in [-0.3, -0.25) is 15.0 Å². The molecular formula is C24H25N3O2. The predicted molar refractivity (Wildman–Crippen MR) is 117 cm³/mol. The molecule has 1 fully saturated rings. The van der Waals surface area contributed by atoms with Gasteiger partial charge in [0.1, 0.15) is 0 Å². The summed E-state index contributed by atoms with van der Waals surface area (Å²) in [5.41, 5.74) is 3.98. The summed E-state index contributed by atoms with van der Waals surface area (Å²) in [6, 6.07) is 25.8. The zero-order chi connectivity index (χ0) is 20.1. The van der Waals surface area contributed by atoms with Crippen molar-refractivity contribution in [3.8, 4) is 11.1 Å². The SMILES string of the molecule is O=[N+]([O-])c1ccccc1-c1ccccc1NC1CCN(Cc2ccccc2)CC1. The van der Waals surface area contributed by atoms with E-state index in [2.05, 4.69) is 34.5 Å². The molecule has 0 radical (unpaired) electrons. The Balaban J connectivity index is 1.45. The van der Waals surface area contributed by atoms with Crippen LogP contribution >= 0.6 is 0 Å². The van der Waals surface area contributed by atoms with E-state index in [0.717, 1.165) is 43.7 Å². The van der Waals surface area contributed by atoms with Crippen molar-refractivity contribution in [1.29, 1.82) is 0 Å². The van der Waals surface area contributed by atoms with Gasteiger partial charge in [0.25, 0.3) is 5.69 Å². The Kier molecular flexibility index (Phi) is 5.86. The average Bonchev–Trinajstić information content (AvgIpc) is 2.76. The molecule has 3 aromatic rings. The summed E-state index contributed by atoms with van der Waals surface area (Å²) in [5.74, 6) is 0. The first kappa shape index (κ1) is 19.2. The molecule has 1 N–H and O–H groups in total. The molecule has 3 aromatic carbocycles. The fourth-order valence-corrected chi connectivity index (χ4v) is 4.00. The van der Waals surface area contributed by atoms with E-state index in [-0.39, 0.29) is 10.6 Å². The minimum atomic E-state index is -0.311. The zero-order valence-corrected chi connectivity index (χ0v) is 16.3. The van der Waals surface area contributed by atoms with E-state index < -0.39 is 0 Å². The number of anilines is 1. The highest BCUT2D eigenvalue weighted by Crippen LogP contribution is 2.35. The van der Waals surface area contributed by atoms with Crippen molar-refractivity contribution in [3.63, 3.8) is 0 Å². The standard InChI is InChI=1S/C24H25N3O2/c28-27(29)24-13-7-5-11-22(24)21-10-4-6-12-23(21)25-20-14-16-26(17-15-20)18-19-8-2-1-3-9-19/h1-13,20,25H,14-18H2. The van der Waals surface area contributed by atoms with Crippen LogP contribution in [0.15, 0.2) is 78.9 Å². The van der Waals surface area contributed by atoms with Crippen LogP contribution in [0.1, 0.15) is 18.4 Å². The molecule has 5 nitrogen and oxygen atoms in total. The summed E-state index contributed by atoms with van der Waals surface area (Å²) in [5, 5.41) is 15.1. The van der Waals surface area contributed by atoms with E-state index in [1.165, 1.54) is 5.56 Å². The normalized spacial score (nSPS) is 15.2. The number of hydrogen-bond acceptors (Lipinski definition) is 4. The molecule has 0 unspecified atom stereocenters. The highest BCUT2D eigenvalue weighted by atomic mass is 16.6. The number of nitrogens with zero attached hydrogens (tertiary/aromatic N) is 2. The molecule has 4 rings (SSSR count). The first-order valence-corrected chi connectivity index (χ1v) is 10.1. The van der Waals surface area contributed by atoms with Crippen LogP contribution in [0.25, 0.3) is 11.1 Å². The van der Waals surface area contributed by atoms with Crippen LogP contribution < -0.4 is 5.32 Å². The molecule has 1 saturated heterocycles. The number of piperidine rings is 1. The Labute approximate surface area is 171 Å². The minimum absolute atomic E-state index is 0.138. The van der Waals surface area contributed by atoms with Gasteiger partial charge < -0.3 is 5.32 Å². The summed E-state index contributed by atoms with van der Waals surface area (Å²) in [7, 11) is 0. The average molecular weight is 387 g/mol. The Morgan fingerprint density at radius 2 is 1.48 bits per heavy atom. The third-order valence-electron chi connectivity index (χ3n) is 5.51. The Bertz CT molecular complexity index is 967. The van der Waals surface area contributed by atoms with Gasteiger partial charge in [-0.05, 0) is 30.5 Å². The van der Waals surface area contributed by atoms with Crippen molar-refractivity contribution in [3.05, 3.63) is 94.5 Å². The molecule has 0 saturated carbocycles. The van der Waals surface area contributed by atoms with Gasteiger partial charge in [-0.1, -0.05) is 60.7 Å². The lowest BCUT2D eigenvalue weighted by molar-refractivity contribution is -0.384. The molecule has 1 aliphatic rings. The monoisotopic (exact) mass is 387 g/mol. The quantitative estimate of drug-likeness (QED) is 0.458. The highest BCUT2D eigenvalue weighted by molar-refractivity contribution is 5.83. The van der Waals surface area contributed by atoms with Crippen LogP contribution in [0, 0.1) is 10.1 Å². The molecule has 1 aliphatic heterocycles. The second-order valence-electron chi connectivity index (χ2n) is 7.50. The van der Waals surface area contributed by atoms with Gasteiger partial charge in [-0.15, -0.1) is 0 Å². The Hall–Kier alpha value is -3.18. The number of para-hydroxylation sites is 2. The van der Waals surface area contributed by atoms with Crippen LogP contribution in [-0.4, -0.2) is 29.0 Å². The molecule has 1 heterocycles. The van der Waals surface area contributed by atoms with Crippen molar-refractivity contribution in [1.82, 2.24) is 4.90 Å². The Morgan fingerprint density at radius 3 is 2.21 bits per heavy atom. The van der Waals surface area contributed by atoms with Gasteiger partial charge in [-0.25, -0.2) is 0 Å². The molecule has 5 heteroatoms. The minimum Gasteiger partial charge on any atom is -0.382 e. The molecule has 0 bridgehead atoms. The van der Waals surface area contributed by atoms with Crippen molar-refractivity contribution in [2.75, 3.05) is 18.4 Å². The lowest BCUT2D eigenvalue weighted by Crippen LogP contribution is -2.38. The second-order valence-corrected chi connectivity index (χ2v) is 7.50. The molecule has 0 atom stereocenters. The number of hydrogen-bond donors (Lipinski definition) is 1. The van der Waals surface area contributed by atoms with Gasteiger partial charge in [0, 0.05) is 43.0 Å². The molecular weight excluding hydrogens is 362 g/mol. The number of rotatable bonds is 6. The predicted octanol–water partition coefficient (Wildman–Crippen LogP) is 5.34. The maximum Gasteiger partial charge on any atom is 0.277 e. The van der Waals surface area contributed by atoms with Crippen LogP contribution in [0.5, 0.6) is 0 Å². The van der Waals surface area contributed by atoms with E-state index in [0.29, 0.717) is 11.6 Å². The number of nitro benzene ring substituents is 1. The van der Waals surface area contributed by atoms with E-state index in [1.54, 1.807) is 12.1 Å². The smallest absolute Gasteiger partial charge is 0.277 e. The van der Waals surface area contributed by atoms with Gasteiger partial charge in [-0.2, -0.15) is 0 Å². The largest absolute Gasteiger partial charge is 0.382 e. The molecule has 0 aromatic heterocycles. The van der Waals surface area contributed by atoms with Crippen LogP contribution in [0.4, 0.5) is 11.4 Å². The van der Waals surface area contributed by atoms with Crippen molar-refractivity contribution in [2.45, 2.75) is 25.4 Å². The fourth-order valence-electron chi connectivity index (χ4n) is 4.00. The van der Waals surface area contributed by atoms with Gasteiger partial charge in [0.05, 0.1) is 10.5 Å². The lowest BCUT2D eigenvalue weighted by Gasteiger charge is -2.33. The number of nitrogens with one attached hydrogen (secondary N) is 1. The first-order valence-electron chi connectivity index (χ1n) is 10.1. The molecule has 0 amide bonds. The summed E-state index contributed by atoms with van der Waals surface area (Å²) in [6.45, 7) is 3.07.